The fourth-order valence-electron chi connectivity index (χ4n) is 12.2. The molecule has 0 saturated heterocycles. The van der Waals surface area contributed by atoms with Crippen molar-refractivity contribution < 1.29 is 0 Å². The number of hydrogen-bond acceptors (Lipinski definition) is 3. The van der Waals surface area contributed by atoms with Crippen molar-refractivity contribution in [3.63, 3.8) is 0 Å². The average Bonchev–Trinajstić information content (AvgIpc) is 4.01. The van der Waals surface area contributed by atoms with Crippen LogP contribution in [0.15, 0.2) is 255 Å². The molecule has 3 aliphatic carbocycles. The van der Waals surface area contributed by atoms with E-state index in [4.69, 9.17) is 15.0 Å². The molecule has 3 atom stereocenters. The Hall–Kier alpha value is -9.45. The molecule has 0 bridgehead atoms. The summed E-state index contributed by atoms with van der Waals surface area (Å²) >= 11 is 0. The standard InChI is InChI=1S/C69H47N5/c1-3-17-44(18-4-1)45-33-35-47(36-34-45)68-70-67(46-19-5-2-6-20-46)71-69(72-68)74-64-32-14-12-30-59(64)61-40-39-60-58-29-11-13-31-63(58)73(65(60)66(61)74)52-24-16-23-50(42-52)48-21-15-22-49(41-48)51-37-38-57-55-27-8-7-25-53(55)54-26-9-10-28-56(54)62(57)43-51/h1-22,24-43,50,53,55H,23H2. The number of hydrogen-bond donors (Lipinski definition) is 0. The number of nitrogens with zero attached hydrogens (tertiary/aromatic N) is 5. The van der Waals surface area contributed by atoms with Gasteiger partial charge in [-0.3, -0.25) is 4.57 Å². The van der Waals surface area contributed by atoms with E-state index in [-0.39, 0.29) is 5.92 Å². The zero-order valence-corrected chi connectivity index (χ0v) is 40.4. The van der Waals surface area contributed by atoms with Crippen molar-refractivity contribution in [1.29, 1.82) is 0 Å². The van der Waals surface area contributed by atoms with E-state index in [0.29, 0.717) is 29.4 Å². The lowest BCUT2D eigenvalue weighted by molar-refractivity contribution is 0.720. The molecule has 3 aliphatic rings. The summed E-state index contributed by atoms with van der Waals surface area (Å²) < 4.78 is 4.77. The maximum absolute atomic E-state index is 5.41. The molecule has 5 nitrogen and oxygen atoms in total. The SMILES string of the molecule is C1=CC2c3ccccc3-c3cc(-c4cccc(C5C=C(n6c7ccccc7c7ccc8c9ccccc9n(-c9nc(-c%10ccccc%10)nc(-c%10ccc(-c%11ccccc%11)cc%10)n9)c8c76)C=CC5)c4)ccc3C2C=C1. The third-order valence-corrected chi connectivity index (χ3v) is 15.7. The monoisotopic (exact) mass is 945 g/mol. The molecule has 0 aliphatic heterocycles. The highest BCUT2D eigenvalue weighted by atomic mass is 15.2. The quantitative estimate of drug-likeness (QED) is 0.160. The average molecular weight is 946 g/mol. The van der Waals surface area contributed by atoms with Gasteiger partial charge < -0.3 is 4.57 Å². The third kappa shape index (κ3) is 6.81. The molecule has 0 fully saturated rings. The molecule has 3 unspecified atom stereocenters. The van der Waals surface area contributed by atoms with Gasteiger partial charge in [-0.15, -0.1) is 0 Å². The Morgan fingerprint density at radius 2 is 0.932 bits per heavy atom. The van der Waals surface area contributed by atoms with E-state index in [2.05, 4.69) is 240 Å². The third-order valence-electron chi connectivity index (χ3n) is 15.7. The Bertz CT molecular complexity index is 4340. The summed E-state index contributed by atoms with van der Waals surface area (Å²) in [6, 6.07) is 76.7. The molecule has 12 aromatic rings. The summed E-state index contributed by atoms with van der Waals surface area (Å²) in [7, 11) is 0. The normalized spacial score (nSPS) is 16.6. The molecule has 15 rings (SSSR count). The molecule has 3 heterocycles. The van der Waals surface area contributed by atoms with Gasteiger partial charge in [0.15, 0.2) is 11.6 Å². The van der Waals surface area contributed by atoms with Crippen LogP contribution in [0.3, 0.4) is 0 Å². The maximum Gasteiger partial charge on any atom is 0.238 e. The Morgan fingerprint density at radius 3 is 1.66 bits per heavy atom. The molecule has 0 N–H and O–H groups in total. The molecule has 9 aromatic carbocycles. The van der Waals surface area contributed by atoms with Gasteiger partial charge in [-0.2, -0.15) is 9.97 Å². The topological polar surface area (TPSA) is 48.5 Å². The summed E-state index contributed by atoms with van der Waals surface area (Å²) in [5.41, 5.74) is 18.9. The maximum atomic E-state index is 5.41. The second kappa shape index (κ2) is 17.1. The first kappa shape index (κ1) is 42.3. The van der Waals surface area contributed by atoms with E-state index in [9.17, 15) is 0 Å². The van der Waals surface area contributed by atoms with E-state index < -0.39 is 0 Å². The van der Waals surface area contributed by atoms with Crippen LogP contribution in [-0.2, 0) is 0 Å². The van der Waals surface area contributed by atoms with E-state index in [1.54, 1.807) is 0 Å². The van der Waals surface area contributed by atoms with Crippen LogP contribution in [0.1, 0.15) is 40.9 Å². The highest BCUT2D eigenvalue weighted by molar-refractivity contribution is 6.24. The Morgan fingerprint density at radius 1 is 0.392 bits per heavy atom. The largest absolute Gasteiger partial charge is 0.307 e. The van der Waals surface area contributed by atoms with Crippen LogP contribution in [0.4, 0.5) is 0 Å². The fraction of sp³-hybridized carbons (Fsp3) is 0.0580. The first-order valence-electron chi connectivity index (χ1n) is 25.7. The molecule has 74 heavy (non-hydrogen) atoms. The number of fused-ring (bicyclic) bond motifs is 13. The summed E-state index contributed by atoms with van der Waals surface area (Å²) in [4.78, 5) is 16.0. The van der Waals surface area contributed by atoms with E-state index in [0.717, 1.165) is 67.2 Å². The second-order valence-electron chi connectivity index (χ2n) is 19.8. The van der Waals surface area contributed by atoms with Crippen molar-refractivity contribution in [3.8, 4) is 62.1 Å². The Balaban J connectivity index is 0.895. The summed E-state index contributed by atoms with van der Waals surface area (Å²) in [6.07, 6.45) is 17.2. The molecule has 0 saturated carbocycles. The molecule has 3 aromatic heterocycles. The van der Waals surface area contributed by atoms with Crippen LogP contribution in [0.25, 0.3) is 111 Å². The first-order valence-corrected chi connectivity index (χ1v) is 25.7. The van der Waals surface area contributed by atoms with Gasteiger partial charge in [0.25, 0.3) is 0 Å². The van der Waals surface area contributed by atoms with Crippen LogP contribution < -0.4 is 0 Å². The first-order chi connectivity index (χ1) is 36.7. The van der Waals surface area contributed by atoms with Crippen LogP contribution in [0, 0.1) is 0 Å². The molecule has 0 spiro atoms. The van der Waals surface area contributed by atoms with Gasteiger partial charge in [-0.25, -0.2) is 4.98 Å². The minimum absolute atomic E-state index is 0.155. The van der Waals surface area contributed by atoms with Gasteiger partial charge >= 0.3 is 0 Å². The van der Waals surface area contributed by atoms with Crippen molar-refractivity contribution in [1.82, 2.24) is 24.1 Å². The van der Waals surface area contributed by atoms with Gasteiger partial charge in [0, 0.05) is 56.1 Å². The number of aromatic nitrogens is 5. The zero-order chi connectivity index (χ0) is 48.7. The molecule has 0 amide bonds. The van der Waals surface area contributed by atoms with Crippen LogP contribution in [-0.4, -0.2) is 24.1 Å². The number of allylic oxidation sites excluding steroid dienone is 8. The van der Waals surface area contributed by atoms with Gasteiger partial charge in [0.05, 0.1) is 22.1 Å². The lowest BCUT2D eigenvalue weighted by Gasteiger charge is -2.34. The summed E-state index contributed by atoms with van der Waals surface area (Å²) in [6.45, 7) is 0. The lowest BCUT2D eigenvalue weighted by Crippen LogP contribution is -2.16. The van der Waals surface area contributed by atoms with Crippen LogP contribution in [0.2, 0.25) is 0 Å². The van der Waals surface area contributed by atoms with Crippen molar-refractivity contribution in [3.05, 3.63) is 272 Å². The Labute approximate surface area is 429 Å². The predicted molar refractivity (Wildman–Crippen MR) is 305 cm³/mol. The summed E-state index contributed by atoms with van der Waals surface area (Å²) in [5, 5.41) is 4.64. The zero-order valence-electron chi connectivity index (χ0n) is 40.4. The molecular formula is C69H47N5. The summed E-state index contributed by atoms with van der Waals surface area (Å²) in [5.74, 6) is 2.66. The highest BCUT2D eigenvalue weighted by Crippen LogP contribution is 2.50. The van der Waals surface area contributed by atoms with E-state index >= 15 is 0 Å². The minimum atomic E-state index is 0.155. The number of para-hydroxylation sites is 2. The highest BCUT2D eigenvalue weighted by Gasteiger charge is 2.32. The Kier molecular flexibility index (Phi) is 9.77. The lowest BCUT2D eigenvalue weighted by atomic mass is 9.69. The van der Waals surface area contributed by atoms with Crippen LogP contribution >= 0.6 is 0 Å². The molecule has 348 valence electrons. The van der Waals surface area contributed by atoms with Crippen molar-refractivity contribution in [2.75, 3.05) is 0 Å². The van der Waals surface area contributed by atoms with Gasteiger partial charge in [-0.1, -0.05) is 231 Å². The second-order valence-corrected chi connectivity index (χ2v) is 19.8. The van der Waals surface area contributed by atoms with E-state index in [1.165, 1.54) is 49.7 Å². The molecule has 5 heteroatoms. The number of rotatable bonds is 7. The van der Waals surface area contributed by atoms with Crippen LogP contribution in [0.5, 0.6) is 0 Å². The van der Waals surface area contributed by atoms with Crippen molar-refractivity contribution in [2.24, 2.45) is 0 Å². The molecular weight excluding hydrogens is 899 g/mol. The van der Waals surface area contributed by atoms with Crippen molar-refractivity contribution >= 4 is 49.3 Å². The fourth-order valence-corrected chi connectivity index (χ4v) is 12.2. The van der Waals surface area contributed by atoms with Gasteiger partial charge in [-0.05, 0) is 80.8 Å². The van der Waals surface area contributed by atoms with E-state index in [1.807, 2.05) is 24.3 Å². The predicted octanol–water partition coefficient (Wildman–Crippen LogP) is 17.3. The van der Waals surface area contributed by atoms with Crippen molar-refractivity contribution in [2.45, 2.75) is 24.2 Å². The van der Waals surface area contributed by atoms with Gasteiger partial charge in [0.1, 0.15) is 0 Å². The molecule has 0 radical (unpaired) electrons. The van der Waals surface area contributed by atoms with Gasteiger partial charge in [0.2, 0.25) is 5.95 Å². The smallest absolute Gasteiger partial charge is 0.238 e. The number of benzene rings is 9. The minimum Gasteiger partial charge on any atom is -0.307 e.